The van der Waals surface area contributed by atoms with Crippen molar-refractivity contribution in [1.82, 2.24) is 9.97 Å². The summed E-state index contributed by atoms with van der Waals surface area (Å²) in [5.74, 6) is 0.503. The van der Waals surface area contributed by atoms with Crippen LogP contribution in [-0.4, -0.2) is 15.8 Å². The number of aromatic nitrogens is 2. The van der Waals surface area contributed by atoms with Crippen LogP contribution >= 0.6 is 23.2 Å². The van der Waals surface area contributed by atoms with Gasteiger partial charge >= 0.3 is 0 Å². The van der Waals surface area contributed by atoms with Crippen molar-refractivity contribution in [2.45, 2.75) is 6.42 Å². The Morgan fingerprint density at radius 3 is 2.88 bits per heavy atom. The number of nitrogens with one attached hydrogen (secondary N) is 1. The molecule has 0 aliphatic rings. The lowest BCUT2D eigenvalue weighted by molar-refractivity contribution is 0.0991. The average molecular weight is 255 g/mol. The van der Waals surface area contributed by atoms with E-state index >= 15 is 0 Å². The minimum Gasteiger partial charge on any atom is -0.348 e. The first-order chi connectivity index (χ1) is 7.66. The SMILES string of the molecule is O=C(Cc1ncc[nH]1)c1cc(Cl)ccc1Cl. The highest BCUT2D eigenvalue weighted by Crippen LogP contribution is 2.21. The van der Waals surface area contributed by atoms with E-state index in [1.54, 1.807) is 30.6 Å². The zero-order valence-electron chi connectivity index (χ0n) is 8.21. The number of halogens is 2. The standard InChI is InChI=1S/C11H8Cl2N2O/c12-7-1-2-9(13)8(5-7)10(16)6-11-14-3-4-15-11/h1-5H,6H2,(H,14,15). The van der Waals surface area contributed by atoms with Gasteiger partial charge in [0.05, 0.1) is 11.4 Å². The fourth-order valence-electron chi connectivity index (χ4n) is 1.35. The van der Waals surface area contributed by atoms with Crippen LogP contribution in [0.5, 0.6) is 0 Å². The van der Waals surface area contributed by atoms with Gasteiger partial charge < -0.3 is 4.98 Å². The van der Waals surface area contributed by atoms with Crippen molar-refractivity contribution in [3.05, 3.63) is 52.0 Å². The number of carbonyl (C=O) groups is 1. The number of Topliss-reactive ketones (excluding diaryl/α,β-unsaturated/α-hetero) is 1. The summed E-state index contributed by atoms with van der Waals surface area (Å²) in [6, 6.07) is 4.82. The molecule has 0 aliphatic carbocycles. The molecule has 0 atom stereocenters. The van der Waals surface area contributed by atoms with Crippen LogP contribution in [0, 0.1) is 0 Å². The molecule has 0 fully saturated rings. The molecule has 16 heavy (non-hydrogen) atoms. The van der Waals surface area contributed by atoms with Crippen molar-refractivity contribution in [3.63, 3.8) is 0 Å². The molecule has 1 aromatic carbocycles. The van der Waals surface area contributed by atoms with E-state index in [4.69, 9.17) is 23.2 Å². The molecule has 0 saturated carbocycles. The third kappa shape index (κ3) is 2.43. The maximum atomic E-state index is 11.9. The van der Waals surface area contributed by atoms with Crippen LogP contribution in [0.15, 0.2) is 30.6 Å². The van der Waals surface area contributed by atoms with Crippen molar-refractivity contribution in [3.8, 4) is 0 Å². The lowest BCUT2D eigenvalue weighted by atomic mass is 10.1. The minimum atomic E-state index is -0.109. The summed E-state index contributed by atoms with van der Waals surface area (Å²) in [6.07, 6.45) is 3.46. The Hall–Kier alpha value is -1.32. The molecule has 0 radical (unpaired) electrons. The Kier molecular flexibility index (Phi) is 3.27. The van der Waals surface area contributed by atoms with Gasteiger partial charge in [0.15, 0.2) is 5.78 Å². The van der Waals surface area contributed by atoms with Gasteiger partial charge in [-0.1, -0.05) is 23.2 Å². The third-order valence-electron chi connectivity index (χ3n) is 2.11. The topological polar surface area (TPSA) is 45.8 Å². The second-order valence-electron chi connectivity index (χ2n) is 3.26. The minimum absolute atomic E-state index is 0.109. The molecule has 0 aliphatic heterocycles. The number of benzene rings is 1. The summed E-state index contributed by atoms with van der Waals surface area (Å²) < 4.78 is 0. The molecule has 2 rings (SSSR count). The zero-order valence-corrected chi connectivity index (χ0v) is 9.72. The lowest BCUT2D eigenvalue weighted by Gasteiger charge is -2.02. The van der Waals surface area contributed by atoms with E-state index in [9.17, 15) is 4.79 Å². The number of hydrogen-bond acceptors (Lipinski definition) is 2. The first-order valence-electron chi connectivity index (χ1n) is 4.63. The molecule has 0 bridgehead atoms. The predicted molar refractivity (Wildman–Crippen MR) is 63.1 cm³/mol. The molecule has 0 amide bonds. The van der Waals surface area contributed by atoms with Gasteiger partial charge in [0.1, 0.15) is 5.82 Å². The maximum Gasteiger partial charge on any atom is 0.171 e. The summed E-state index contributed by atoms with van der Waals surface area (Å²) in [5, 5.41) is 0.896. The third-order valence-corrected chi connectivity index (χ3v) is 2.68. The maximum absolute atomic E-state index is 11.9. The molecule has 5 heteroatoms. The molecule has 0 unspecified atom stereocenters. The highest BCUT2D eigenvalue weighted by molar-refractivity contribution is 6.35. The van der Waals surface area contributed by atoms with Gasteiger partial charge in [0, 0.05) is 23.0 Å². The van der Waals surface area contributed by atoms with Crippen LogP contribution < -0.4 is 0 Å². The number of rotatable bonds is 3. The number of ketones is 1. The zero-order chi connectivity index (χ0) is 11.5. The Morgan fingerprint density at radius 2 is 2.19 bits per heavy atom. The second kappa shape index (κ2) is 4.68. The molecule has 3 nitrogen and oxygen atoms in total. The van der Waals surface area contributed by atoms with Crippen molar-refractivity contribution >= 4 is 29.0 Å². The molecule has 1 N–H and O–H groups in total. The van der Waals surface area contributed by atoms with Gasteiger partial charge in [-0.3, -0.25) is 4.79 Å². The summed E-state index contributed by atoms with van der Waals surface area (Å²) in [6.45, 7) is 0. The molecule has 82 valence electrons. The number of carbonyl (C=O) groups excluding carboxylic acids is 1. The van der Waals surface area contributed by atoms with Gasteiger partial charge in [0.25, 0.3) is 0 Å². The van der Waals surface area contributed by atoms with E-state index in [2.05, 4.69) is 9.97 Å². The smallest absolute Gasteiger partial charge is 0.171 e. The van der Waals surface area contributed by atoms with Gasteiger partial charge in [-0.25, -0.2) is 4.98 Å². The Morgan fingerprint density at radius 1 is 1.38 bits per heavy atom. The first-order valence-corrected chi connectivity index (χ1v) is 5.39. The highest BCUT2D eigenvalue weighted by Gasteiger charge is 2.12. The van der Waals surface area contributed by atoms with E-state index < -0.39 is 0 Å². The van der Waals surface area contributed by atoms with E-state index in [1.807, 2.05) is 0 Å². The fraction of sp³-hybridized carbons (Fsp3) is 0.0909. The average Bonchev–Trinajstić information content (AvgIpc) is 2.74. The van der Waals surface area contributed by atoms with E-state index in [0.29, 0.717) is 21.4 Å². The normalized spacial score (nSPS) is 10.4. The molecule has 0 spiro atoms. The van der Waals surface area contributed by atoms with Crippen LogP contribution in [0.4, 0.5) is 0 Å². The van der Waals surface area contributed by atoms with Crippen molar-refractivity contribution in [2.24, 2.45) is 0 Å². The molecule has 2 aromatic rings. The van der Waals surface area contributed by atoms with Gasteiger partial charge in [-0.2, -0.15) is 0 Å². The van der Waals surface area contributed by atoms with Gasteiger partial charge in [-0.15, -0.1) is 0 Å². The lowest BCUT2D eigenvalue weighted by Crippen LogP contribution is -2.05. The molecular weight excluding hydrogens is 247 g/mol. The highest BCUT2D eigenvalue weighted by atomic mass is 35.5. The summed E-state index contributed by atoms with van der Waals surface area (Å²) in [4.78, 5) is 18.7. The largest absolute Gasteiger partial charge is 0.348 e. The summed E-state index contributed by atoms with van der Waals surface area (Å²) in [7, 11) is 0. The molecule has 1 aromatic heterocycles. The van der Waals surface area contributed by atoms with E-state index in [0.717, 1.165) is 0 Å². The van der Waals surface area contributed by atoms with Gasteiger partial charge in [-0.05, 0) is 18.2 Å². The number of H-pyrrole nitrogens is 1. The quantitative estimate of drug-likeness (QED) is 0.856. The number of nitrogens with zero attached hydrogens (tertiary/aromatic N) is 1. The van der Waals surface area contributed by atoms with Crippen LogP contribution in [0.25, 0.3) is 0 Å². The van der Waals surface area contributed by atoms with Gasteiger partial charge in [0.2, 0.25) is 0 Å². The van der Waals surface area contributed by atoms with Crippen molar-refractivity contribution < 1.29 is 4.79 Å². The van der Waals surface area contributed by atoms with Crippen LogP contribution in [0.2, 0.25) is 10.0 Å². The van der Waals surface area contributed by atoms with Crippen LogP contribution in [-0.2, 0) is 6.42 Å². The van der Waals surface area contributed by atoms with E-state index in [1.165, 1.54) is 0 Å². The van der Waals surface area contributed by atoms with Crippen molar-refractivity contribution in [1.29, 1.82) is 0 Å². The Labute approximate surface area is 102 Å². The Bertz CT molecular complexity index is 509. The number of aromatic amines is 1. The predicted octanol–water partition coefficient (Wildman–Crippen LogP) is 3.14. The first kappa shape index (κ1) is 11.2. The summed E-state index contributed by atoms with van der Waals surface area (Å²) in [5.41, 5.74) is 0.422. The van der Waals surface area contributed by atoms with Crippen LogP contribution in [0.3, 0.4) is 0 Å². The second-order valence-corrected chi connectivity index (χ2v) is 4.10. The number of hydrogen-bond donors (Lipinski definition) is 1. The number of imidazole rings is 1. The Balaban J connectivity index is 2.24. The van der Waals surface area contributed by atoms with Crippen molar-refractivity contribution in [2.75, 3.05) is 0 Å². The van der Waals surface area contributed by atoms with Crippen LogP contribution in [0.1, 0.15) is 16.2 Å². The van der Waals surface area contributed by atoms with E-state index in [-0.39, 0.29) is 12.2 Å². The molecule has 1 heterocycles. The summed E-state index contributed by atoms with van der Waals surface area (Å²) >= 11 is 11.7. The monoisotopic (exact) mass is 254 g/mol. The molecular formula is C11H8Cl2N2O. The molecule has 0 saturated heterocycles. The fourth-order valence-corrected chi connectivity index (χ4v) is 1.75.